The van der Waals surface area contributed by atoms with Gasteiger partial charge in [0, 0.05) is 30.9 Å². The van der Waals surface area contributed by atoms with Crippen LogP contribution in [0.2, 0.25) is 0 Å². The highest BCUT2D eigenvalue weighted by atomic mass is 14.9. The second-order valence-corrected chi connectivity index (χ2v) is 15.3. The molecule has 0 aromatic carbocycles. The maximum atomic E-state index is 4.01. The largest absolute Gasteiger partial charge is 0.365 e. The van der Waals surface area contributed by atoms with Gasteiger partial charge in [0.1, 0.15) is 0 Å². The molecule has 0 saturated heterocycles. The molecule has 0 amide bonds. The third-order valence-electron chi connectivity index (χ3n) is 12.8. The maximum Gasteiger partial charge on any atom is 0.0207 e. The van der Waals surface area contributed by atoms with Crippen LogP contribution < -0.4 is 5.32 Å². The summed E-state index contributed by atoms with van der Waals surface area (Å²) in [5.74, 6) is 7.09. The Kier molecular flexibility index (Phi) is 11.2. The quantitative estimate of drug-likeness (QED) is 0.197. The van der Waals surface area contributed by atoms with Crippen molar-refractivity contribution in [3.8, 4) is 0 Å². The molecule has 2 heteroatoms. The third kappa shape index (κ3) is 7.89. The average Bonchev–Trinajstić information content (AvgIpc) is 3.59. The van der Waals surface area contributed by atoms with Gasteiger partial charge in [-0.25, -0.2) is 0 Å². The molecule has 43 heavy (non-hydrogen) atoms. The lowest BCUT2D eigenvalue weighted by molar-refractivity contribution is 0.00209. The van der Waals surface area contributed by atoms with E-state index in [4.69, 9.17) is 0 Å². The first-order valence-corrected chi connectivity index (χ1v) is 18.8. The molecule has 5 aliphatic carbocycles. The fraction of sp³-hybridized carbons (Fsp3) is 0.707. The molecule has 1 aromatic heterocycles. The second-order valence-electron chi connectivity index (χ2n) is 15.3. The number of nitrogens with one attached hydrogen (secondary N) is 2. The van der Waals surface area contributed by atoms with E-state index in [0.717, 1.165) is 66.7 Å². The molecule has 0 bridgehead atoms. The van der Waals surface area contributed by atoms with Crippen molar-refractivity contribution in [3.63, 3.8) is 0 Å². The maximum absolute atomic E-state index is 4.01. The Morgan fingerprint density at radius 1 is 0.884 bits per heavy atom. The van der Waals surface area contributed by atoms with Crippen molar-refractivity contribution in [1.82, 2.24) is 10.3 Å². The topological polar surface area (TPSA) is 27.8 Å². The molecule has 6 rings (SSSR count). The lowest BCUT2D eigenvalue weighted by Gasteiger charge is -2.51. The van der Waals surface area contributed by atoms with Crippen LogP contribution in [0.4, 0.5) is 0 Å². The van der Waals surface area contributed by atoms with E-state index in [1.54, 1.807) is 11.1 Å². The first-order valence-electron chi connectivity index (χ1n) is 18.8. The van der Waals surface area contributed by atoms with Crippen LogP contribution in [0.5, 0.6) is 0 Å². The molecule has 5 aliphatic rings. The Balaban J connectivity index is 1.13. The van der Waals surface area contributed by atoms with E-state index in [1.165, 1.54) is 102 Å². The Morgan fingerprint density at radius 2 is 1.72 bits per heavy atom. The van der Waals surface area contributed by atoms with E-state index in [1.807, 2.05) is 0 Å². The minimum Gasteiger partial charge on any atom is -0.365 e. The normalized spacial score (nSPS) is 34.5. The number of aromatic nitrogens is 1. The van der Waals surface area contributed by atoms with Gasteiger partial charge in [-0.05, 0) is 141 Å². The highest BCUT2D eigenvalue weighted by molar-refractivity contribution is 5.33. The molecule has 0 radical (unpaired) electrons. The first-order chi connectivity index (χ1) is 21.2. The molecular weight excluding hydrogens is 520 g/mol. The zero-order valence-corrected chi connectivity index (χ0v) is 27.6. The van der Waals surface area contributed by atoms with Gasteiger partial charge in [0.25, 0.3) is 0 Å². The fourth-order valence-corrected chi connectivity index (χ4v) is 10.3. The van der Waals surface area contributed by atoms with Crippen LogP contribution in [0.3, 0.4) is 0 Å². The van der Waals surface area contributed by atoms with E-state index in [-0.39, 0.29) is 0 Å². The monoisotopic (exact) mass is 582 g/mol. The van der Waals surface area contributed by atoms with E-state index in [2.05, 4.69) is 78.9 Å². The lowest BCUT2D eigenvalue weighted by Crippen LogP contribution is -2.42. The minimum absolute atomic E-state index is 0.711. The standard InChI is InChI=1S/C41H62N2/c1-3-31(23-24-37-16-11-27-42-37)35(29-43-36-14-5-4-6-15-36)20-19-30(2)38-25-26-39(41-18-10-9-17-40(38)41)34-22-21-32-12-7-8-13-33(32)28-34/h7,11-12,16,20-23,27,30,32-34,36,38-43H,3-6,8-10,13-15,17-19,24-26,28-29H2,1-2H3/b31-23+,35-20+. The van der Waals surface area contributed by atoms with Gasteiger partial charge >= 0.3 is 0 Å². The van der Waals surface area contributed by atoms with E-state index < -0.39 is 0 Å². The van der Waals surface area contributed by atoms with Crippen molar-refractivity contribution >= 4 is 0 Å². The summed E-state index contributed by atoms with van der Waals surface area (Å²) < 4.78 is 0. The predicted octanol–water partition coefficient (Wildman–Crippen LogP) is 10.8. The smallest absolute Gasteiger partial charge is 0.0207 e. The number of rotatable bonds is 11. The van der Waals surface area contributed by atoms with Crippen molar-refractivity contribution in [2.75, 3.05) is 6.54 Å². The van der Waals surface area contributed by atoms with Gasteiger partial charge in [-0.3, -0.25) is 0 Å². The van der Waals surface area contributed by atoms with Crippen LogP contribution in [0.25, 0.3) is 0 Å². The number of hydrogen-bond acceptors (Lipinski definition) is 1. The molecular formula is C41H62N2. The van der Waals surface area contributed by atoms with Crippen molar-refractivity contribution < 1.29 is 0 Å². The number of fused-ring (bicyclic) bond motifs is 2. The van der Waals surface area contributed by atoms with Crippen molar-refractivity contribution in [2.24, 2.45) is 47.3 Å². The predicted molar refractivity (Wildman–Crippen MR) is 184 cm³/mol. The van der Waals surface area contributed by atoms with Crippen LogP contribution >= 0.6 is 0 Å². The van der Waals surface area contributed by atoms with Crippen LogP contribution in [-0.2, 0) is 6.42 Å². The summed E-state index contributed by atoms with van der Waals surface area (Å²) in [6, 6.07) is 5.06. The Labute approximate surface area is 264 Å². The van der Waals surface area contributed by atoms with Gasteiger partial charge in [0.05, 0.1) is 0 Å². The molecule has 2 nitrogen and oxygen atoms in total. The van der Waals surface area contributed by atoms with Gasteiger partial charge in [0.2, 0.25) is 0 Å². The molecule has 1 aromatic rings. The van der Waals surface area contributed by atoms with Gasteiger partial charge < -0.3 is 10.3 Å². The third-order valence-corrected chi connectivity index (χ3v) is 12.8. The molecule has 8 unspecified atom stereocenters. The van der Waals surface area contributed by atoms with Crippen LogP contribution in [0, 0.1) is 47.3 Å². The summed E-state index contributed by atoms with van der Waals surface area (Å²) in [7, 11) is 0. The van der Waals surface area contributed by atoms with Crippen LogP contribution in [0.1, 0.15) is 122 Å². The highest BCUT2D eigenvalue weighted by Gasteiger charge is 2.45. The summed E-state index contributed by atoms with van der Waals surface area (Å²) >= 11 is 0. The molecule has 236 valence electrons. The summed E-state index contributed by atoms with van der Waals surface area (Å²) in [6.45, 7) is 6.02. The van der Waals surface area contributed by atoms with Crippen molar-refractivity contribution in [3.05, 3.63) is 71.6 Å². The Bertz CT molecular complexity index is 1100. The summed E-state index contributed by atoms with van der Waals surface area (Å²) in [5, 5.41) is 4.01. The Hall–Kier alpha value is -1.80. The summed E-state index contributed by atoms with van der Waals surface area (Å²) in [6.07, 6.45) is 40.9. The van der Waals surface area contributed by atoms with Crippen LogP contribution in [0.15, 0.2) is 65.9 Å². The van der Waals surface area contributed by atoms with E-state index >= 15 is 0 Å². The molecule has 2 N–H and O–H groups in total. The summed E-state index contributed by atoms with van der Waals surface area (Å²) in [4.78, 5) is 3.41. The first kappa shape index (κ1) is 31.2. The zero-order chi connectivity index (χ0) is 29.4. The Morgan fingerprint density at radius 3 is 2.53 bits per heavy atom. The number of allylic oxidation sites excluding steroid dienone is 6. The summed E-state index contributed by atoms with van der Waals surface area (Å²) in [5.41, 5.74) is 4.47. The number of H-pyrrole nitrogens is 1. The molecule has 0 aliphatic heterocycles. The average molecular weight is 583 g/mol. The molecule has 8 atom stereocenters. The molecule has 0 spiro atoms. The van der Waals surface area contributed by atoms with Crippen LogP contribution in [-0.4, -0.2) is 17.6 Å². The highest BCUT2D eigenvalue weighted by Crippen LogP contribution is 2.54. The van der Waals surface area contributed by atoms with Gasteiger partial charge in [-0.1, -0.05) is 82.4 Å². The van der Waals surface area contributed by atoms with Crippen molar-refractivity contribution in [1.29, 1.82) is 0 Å². The van der Waals surface area contributed by atoms with Gasteiger partial charge in [-0.2, -0.15) is 0 Å². The second kappa shape index (κ2) is 15.5. The van der Waals surface area contributed by atoms with E-state index in [9.17, 15) is 0 Å². The number of hydrogen-bond donors (Lipinski definition) is 2. The van der Waals surface area contributed by atoms with Crippen molar-refractivity contribution in [2.45, 2.75) is 129 Å². The minimum atomic E-state index is 0.711. The SMILES string of the molecule is CCC(=C\Cc1ccc[nH]1)/C(=C/CC(C)C1CCC(C2C=CC3C=CCCC3C2)C2CCCCC12)CNC1CCCCC1. The fourth-order valence-electron chi connectivity index (χ4n) is 10.3. The molecule has 3 fully saturated rings. The van der Waals surface area contributed by atoms with Gasteiger partial charge in [0.15, 0.2) is 0 Å². The number of aromatic amines is 1. The molecule has 3 saturated carbocycles. The zero-order valence-electron chi connectivity index (χ0n) is 27.6. The lowest BCUT2D eigenvalue weighted by atomic mass is 9.54. The van der Waals surface area contributed by atoms with E-state index in [0.29, 0.717) is 6.04 Å². The van der Waals surface area contributed by atoms with Gasteiger partial charge in [-0.15, -0.1) is 0 Å². The molecule has 1 heterocycles.